The highest BCUT2D eigenvalue weighted by molar-refractivity contribution is 5.85. The lowest BCUT2D eigenvalue weighted by molar-refractivity contribution is 0.0739. The molecule has 1 aliphatic heterocycles. The van der Waals surface area contributed by atoms with Gasteiger partial charge in [0, 0.05) is 38.6 Å². The second-order valence-corrected chi connectivity index (χ2v) is 5.91. The van der Waals surface area contributed by atoms with Gasteiger partial charge in [0.2, 0.25) is 6.43 Å². The molecule has 0 spiro atoms. The number of nitrogens with one attached hydrogen (secondary N) is 1. The molecule has 136 valence electrons. The van der Waals surface area contributed by atoms with E-state index < -0.39 is 6.43 Å². The Bertz CT molecular complexity index is 619. The molecule has 1 saturated heterocycles. The van der Waals surface area contributed by atoms with Gasteiger partial charge >= 0.3 is 0 Å². The van der Waals surface area contributed by atoms with Crippen LogP contribution in [-0.2, 0) is 0 Å². The highest BCUT2D eigenvalue weighted by Crippen LogP contribution is 2.30. The summed E-state index contributed by atoms with van der Waals surface area (Å²) in [5.74, 6) is 1.47. The molecule has 1 atom stereocenters. The normalized spacial score (nSPS) is 16.3. The van der Waals surface area contributed by atoms with E-state index in [0.29, 0.717) is 5.75 Å². The van der Waals surface area contributed by atoms with Gasteiger partial charge in [0.25, 0.3) is 0 Å². The van der Waals surface area contributed by atoms with Crippen molar-refractivity contribution in [3.8, 4) is 11.5 Å². The van der Waals surface area contributed by atoms with Crippen LogP contribution in [0.1, 0.15) is 18.0 Å². The number of hydrogen-bond donors (Lipinski definition) is 1. The molecular weight excluding hydrogens is 346 g/mol. The molecule has 2 aromatic rings. The summed E-state index contributed by atoms with van der Waals surface area (Å²) in [5, 5.41) is 3.26. The van der Waals surface area contributed by atoms with E-state index in [1.807, 2.05) is 54.6 Å². The quantitative estimate of drug-likeness (QED) is 0.812. The Hall–Kier alpha value is -1.69. The Morgan fingerprint density at radius 3 is 2.12 bits per heavy atom. The van der Waals surface area contributed by atoms with E-state index >= 15 is 0 Å². The van der Waals surface area contributed by atoms with Crippen LogP contribution in [0.2, 0.25) is 0 Å². The molecule has 3 rings (SSSR count). The molecule has 0 bridgehead atoms. The van der Waals surface area contributed by atoms with Crippen LogP contribution in [0.4, 0.5) is 8.78 Å². The van der Waals surface area contributed by atoms with Crippen molar-refractivity contribution in [3.05, 3.63) is 60.2 Å². The summed E-state index contributed by atoms with van der Waals surface area (Å²) in [7, 11) is 0. The molecule has 1 N–H and O–H groups in total. The lowest BCUT2D eigenvalue weighted by Crippen LogP contribution is -2.45. The predicted molar refractivity (Wildman–Crippen MR) is 98.0 cm³/mol. The van der Waals surface area contributed by atoms with Crippen molar-refractivity contribution in [2.75, 3.05) is 26.2 Å². The van der Waals surface area contributed by atoms with Gasteiger partial charge in [-0.15, -0.1) is 12.4 Å². The number of rotatable bonds is 6. The van der Waals surface area contributed by atoms with E-state index in [1.54, 1.807) is 0 Å². The molecule has 0 saturated carbocycles. The summed E-state index contributed by atoms with van der Waals surface area (Å²) >= 11 is 0. The van der Waals surface area contributed by atoms with Gasteiger partial charge in [-0.3, -0.25) is 4.90 Å². The summed E-state index contributed by atoms with van der Waals surface area (Å²) in [6.45, 7) is 3.27. The molecule has 0 aliphatic carbocycles. The average Bonchev–Trinajstić information content (AvgIpc) is 2.62. The molecule has 25 heavy (non-hydrogen) atoms. The Morgan fingerprint density at radius 1 is 0.920 bits per heavy atom. The van der Waals surface area contributed by atoms with E-state index in [-0.39, 0.29) is 24.9 Å². The van der Waals surface area contributed by atoms with Gasteiger partial charge in [-0.25, -0.2) is 8.78 Å². The van der Waals surface area contributed by atoms with Crippen LogP contribution in [0.25, 0.3) is 0 Å². The molecule has 1 fully saturated rings. The Kier molecular flexibility index (Phi) is 7.62. The van der Waals surface area contributed by atoms with E-state index in [2.05, 4.69) is 10.2 Å². The zero-order valence-corrected chi connectivity index (χ0v) is 14.7. The summed E-state index contributed by atoms with van der Waals surface area (Å²) in [5.41, 5.74) is 0.914. The third-order valence-corrected chi connectivity index (χ3v) is 4.24. The van der Waals surface area contributed by atoms with Crippen molar-refractivity contribution in [2.45, 2.75) is 18.9 Å². The van der Waals surface area contributed by atoms with Gasteiger partial charge in [0.15, 0.2) is 0 Å². The molecule has 1 aliphatic rings. The van der Waals surface area contributed by atoms with Crippen LogP contribution < -0.4 is 10.1 Å². The fourth-order valence-corrected chi connectivity index (χ4v) is 3.04. The average molecular weight is 369 g/mol. The van der Waals surface area contributed by atoms with Crippen LogP contribution in [0.3, 0.4) is 0 Å². The van der Waals surface area contributed by atoms with Crippen molar-refractivity contribution in [2.24, 2.45) is 0 Å². The van der Waals surface area contributed by atoms with Gasteiger partial charge in [-0.05, 0) is 29.8 Å². The van der Waals surface area contributed by atoms with Crippen molar-refractivity contribution in [3.63, 3.8) is 0 Å². The first-order valence-electron chi connectivity index (χ1n) is 8.28. The first-order chi connectivity index (χ1) is 11.7. The van der Waals surface area contributed by atoms with Crippen molar-refractivity contribution in [1.82, 2.24) is 10.2 Å². The largest absolute Gasteiger partial charge is 0.457 e. The van der Waals surface area contributed by atoms with E-state index in [1.165, 1.54) is 0 Å². The minimum Gasteiger partial charge on any atom is -0.457 e. The van der Waals surface area contributed by atoms with E-state index in [0.717, 1.165) is 37.5 Å². The first kappa shape index (κ1) is 19.6. The van der Waals surface area contributed by atoms with E-state index in [9.17, 15) is 8.78 Å². The summed E-state index contributed by atoms with van der Waals surface area (Å²) in [4.78, 5) is 2.13. The fourth-order valence-electron chi connectivity index (χ4n) is 3.04. The van der Waals surface area contributed by atoms with E-state index in [4.69, 9.17) is 4.74 Å². The Labute approximate surface area is 153 Å². The smallest absolute Gasteiger partial charge is 0.240 e. The Morgan fingerprint density at radius 2 is 1.52 bits per heavy atom. The van der Waals surface area contributed by atoms with Gasteiger partial charge < -0.3 is 10.1 Å². The highest BCUT2D eigenvalue weighted by Gasteiger charge is 2.25. The summed E-state index contributed by atoms with van der Waals surface area (Å²) in [6.07, 6.45) is -2.45. The van der Waals surface area contributed by atoms with Crippen molar-refractivity contribution < 1.29 is 13.5 Å². The van der Waals surface area contributed by atoms with Crippen LogP contribution in [-0.4, -0.2) is 37.5 Å². The zero-order chi connectivity index (χ0) is 16.8. The van der Waals surface area contributed by atoms with Gasteiger partial charge in [0.05, 0.1) is 0 Å². The zero-order valence-electron chi connectivity index (χ0n) is 13.9. The predicted octanol–water partition coefficient (Wildman–Crippen LogP) is 4.50. The molecule has 6 heteroatoms. The lowest BCUT2D eigenvalue weighted by atomic mass is 10.0. The number of alkyl halides is 2. The molecule has 0 amide bonds. The number of piperazine rings is 1. The SMILES string of the molecule is Cl.FC(F)C[C@@H](c1ccc(Oc2ccccc2)cc1)N1CCNCC1. The number of hydrogen-bond acceptors (Lipinski definition) is 3. The van der Waals surface area contributed by atoms with Crippen LogP contribution >= 0.6 is 12.4 Å². The monoisotopic (exact) mass is 368 g/mol. The number of ether oxygens (including phenoxy) is 1. The van der Waals surface area contributed by atoms with Crippen LogP contribution in [0.15, 0.2) is 54.6 Å². The lowest BCUT2D eigenvalue weighted by Gasteiger charge is -2.35. The maximum Gasteiger partial charge on any atom is 0.240 e. The maximum absolute atomic E-state index is 13.0. The van der Waals surface area contributed by atoms with Crippen LogP contribution in [0, 0.1) is 0 Å². The second kappa shape index (κ2) is 9.70. The molecule has 2 aromatic carbocycles. The molecule has 0 radical (unpaired) electrons. The molecule has 1 heterocycles. The third-order valence-electron chi connectivity index (χ3n) is 4.24. The number of para-hydroxylation sites is 1. The van der Waals surface area contributed by atoms with Crippen molar-refractivity contribution in [1.29, 1.82) is 0 Å². The van der Waals surface area contributed by atoms with Gasteiger partial charge in [-0.2, -0.15) is 0 Å². The molecule has 3 nitrogen and oxygen atoms in total. The summed E-state index contributed by atoms with van der Waals surface area (Å²) < 4.78 is 31.8. The van der Waals surface area contributed by atoms with Gasteiger partial charge in [0.1, 0.15) is 11.5 Å². The Balaban J connectivity index is 0.00000225. The summed E-state index contributed by atoms with van der Waals surface area (Å²) in [6, 6.07) is 16.8. The minimum atomic E-state index is -2.31. The van der Waals surface area contributed by atoms with Crippen molar-refractivity contribution >= 4 is 12.4 Å². The molecule has 0 aromatic heterocycles. The fraction of sp³-hybridized carbons (Fsp3) is 0.368. The second-order valence-electron chi connectivity index (χ2n) is 5.91. The number of benzene rings is 2. The number of nitrogens with zero attached hydrogens (tertiary/aromatic N) is 1. The van der Waals surface area contributed by atoms with Crippen LogP contribution in [0.5, 0.6) is 11.5 Å². The maximum atomic E-state index is 13.0. The minimum absolute atomic E-state index is 0. The first-order valence-corrected chi connectivity index (χ1v) is 8.28. The molecule has 0 unspecified atom stereocenters. The van der Waals surface area contributed by atoms with Gasteiger partial charge in [-0.1, -0.05) is 30.3 Å². The topological polar surface area (TPSA) is 24.5 Å². The molecular formula is C19H23ClF2N2O. The number of halogens is 3. The standard InChI is InChI=1S/C19H22F2N2O.ClH/c20-19(21)14-18(23-12-10-22-11-13-23)15-6-8-17(9-7-15)24-16-4-2-1-3-5-16;/h1-9,18-19,22H,10-14H2;1H/t18-;/m0./s1. The third kappa shape index (κ3) is 5.66. The highest BCUT2D eigenvalue weighted by atomic mass is 35.5.